The topological polar surface area (TPSA) is 29.3 Å². The summed E-state index contributed by atoms with van der Waals surface area (Å²) < 4.78 is 37.4. The Morgan fingerprint density at radius 2 is 2.06 bits per heavy atom. The highest BCUT2D eigenvalue weighted by molar-refractivity contribution is 6.30. The number of likely N-dealkylation sites (N-methyl/N-ethyl adjacent to an activating group) is 1. The summed E-state index contributed by atoms with van der Waals surface area (Å²) in [7, 11) is 0. The lowest BCUT2D eigenvalue weighted by molar-refractivity contribution is -0.150. The number of benzene rings is 1. The van der Waals surface area contributed by atoms with E-state index < -0.39 is 18.8 Å². The molecule has 0 amide bonds. The molecular formula is C12H16ClF3N2. The van der Waals surface area contributed by atoms with E-state index in [0.29, 0.717) is 10.6 Å². The van der Waals surface area contributed by atoms with Crippen LogP contribution in [0, 0.1) is 0 Å². The molecule has 102 valence electrons. The van der Waals surface area contributed by atoms with Crippen molar-refractivity contribution in [3.05, 3.63) is 34.9 Å². The predicted molar refractivity (Wildman–Crippen MR) is 66.5 cm³/mol. The van der Waals surface area contributed by atoms with E-state index in [1.165, 1.54) is 4.90 Å². The van der Waals surface area contributed by atoms with Gasteiger partial charge in [-0.05, 0) is 24.2 Å². The molecule has 6 heteroatoms. The Morgan fingerprint density at radius 3 is 2.50 bits per heavy atom. The second kappa shape index (κ2) is 6.41. The molecule has 2 N–H and O–H groups in total. The number of alkyl halides is 3. The first kappa shape index (κ1) is 15.3. The van der Waals surface area contributed by atoms with Crippen molar-refractivity contribution >= 4 is 11.6 Å². The number of nitrogens with zero attached hydrogens (tertiary/aromatic N) is 1. The first-order valence-corrected chi connectivity index (χ1v) is 6.01. The molecule has 0 aliphatic carbocycles. The Morgan fingerprint density at radius 1 is 1.39 bits per heavy atom. The zero-order chi connectivity index (χ0) is 13.8. The van der Waals surface area contributed by atoms with Gasteiger partial charge in [0.25, 0.3) is 0 Å². The zero-order valence-electron chi connectivity index (χ0n) is 10.0. The molecule has 0 heterocycles. The van der Waals surface area contributed by atoms with E-state index in [0.717, 1.165) is 0 Å². The average molecular weight is 281 g/mol. The fraction of sp³-hybridized carbons (Fsp3) is 0.500. The molecule has 0 bridgehead atoms. The van der Waals surface area contributed by atoms with Gasteiger partial charge in [-0.2, -0.15) is 13.2 Å². The largest absolute Gasteiger partial charge is 0.401 e. The third-order valence-corrected chi connectivity index (χ3v) is 2.92. The van der Waals surface area contributed by atoms with Gasteiger partial charge >= 0.3 is 6.18 Å². The standard InChI is InChI=1S/C12H16ClF3N2/c1-2-18(8-12(14,15)16)11(7-17)9-4-3-5-10(13)6-9/h3-6,11H,2,7-8,17H2,1H3. The Bertz CT molecular complexity index is 382. The van der Waals surface area contributed by atoms with Crippen LogP contribution in [0.5, 0.6) is 0 Å². The molecule has 18 heavy (non-hydrogen) atoms. The molecular weight excluding hydrogens is 265 g/mol. The van der Waals surface area contributed by atoms with Crippen molar-refractivity contribution in [2.45, 2.75) is 19.1 Å². The quantitative estimate of drug-likeness (QED) is 0.897. The maximum Gasteiger partial charge on any atom is 0.401 e. The lowest BCUT2D eigenvalue weighted by Gasteiger charge is -2.30. The maximum atomic E-state index is 12.5. The smallest absolute Gasteiger partial charge is 0.329 e. The number of rotatable bonds is 5. The van der Waals surface area contributed by atoms with Gasteiger partial charge in [0, 0.05) is 17.6 Å². The van der Waals surface area contributed by atoms with Crippen LogP contribution in [0.4, 0.5) is 13.2 Å². The number of halogens is 4. The Labute approximate surface area is 110 Å². The van der Waals surface area contributed by atoms with Gasteiger partial charge in [0.15, 0.2) is 0 Å². The van der Waals surface area contributed by atoms with E-state index in [1.807, 2.05) is 0 Å². The Balaban J connectivity index is 2.93. The lowest BCUT2D eigenvalue weighted by atomic mass is 10.1. The average Bonchev–Trinajstić information content (AvgIpc) is 2.27. The molecule has 1 aromatic carbocycles. The second-order valence-corrected chi connectivity index (χ2v) is 4.42. The first-order valence-electron chi connectivity index (χ1n) is 5.63. The second-order valence-electron chi connectivity index (χ2n) is 3.98. The van der Waals surface area contributed by atoms with Crippen LogP contribution in [0.15, 0.2) is 24.3 Å². The van der Waals surface area contributed by atoms with Crippen LogP contribution in [0.25, 0.3) is 0 Å². The minimum absolute atomic E-state index is 0.115. The predicted octanol–water partition coefficient (Wildman–Crippen LogP) is 3.22. The van der Waals surface area contributed by atoms with Gasteiger partial charge < -0.3 is 5.73 Å². The van der Waals surface area contributed by atoms with E-state index in [4.69, 9.17) is 17.3 Å². The van der Waals surface area contributed by atoms with Gasteiger partial charge in [0.05, 0.1) is 6.54 Å². The van der Waals surface area contributed by atoms with Crippen molar-refractivity contribution in [1.82, 2.24) is 4.90 Å². The highest BCUT2D eigenvalue weighted by atomic mass is 35.5. The van der Waals surface area contributed by atoms with Crippen molar-refractivity contribution in [2.75, 3.05) is 19.6 Å². The van der Waals surface area contributed by atoms with Gasteiger partial charge in [0.2, 0.25) is 0 Å². The molecule has 1 rings (SSSR count). The van der Waals surface area contributed by atoms with Crippen molar-refractivity contribution in [3.63, 3.8) is 0 Å². The molecule has 2 nitrogen and oxygen atoms in total. The minimum atomic E-state index is -4.23. The SMILES string of the molecule is CCN(CC(F)(F)F)C(CN)c1cccc(Cl)c1. The summed E-state index contributed by atoms with van der Waals surface area (Å²) in [6.07, 6.45) is -4.23. The van der Waals surface area contributed by atoms with Crippen molar-refractivity contribution in [3.8, 4) is 0 Å². The highest BCUT2D eigenvalue weighted by Gasteiger charge is 2.33. The highest BCUT2D eigenvalue weighted by Crippen LogP contribution is 2.26. The normalized spacial score (nSPS) is 13.9. The number of hydrogen-bond donors (Lipinski definition) is 1. The Hall–Kier alpha value is -0.780. The summed E-state index contributed by atoms with van der Waals surface area (Å²) in [5.41, 5.74) is 6.30. The van der Waals surface area contributed by atoms with Crippen molar-refractivity contribution in [2.24, 2.45) is 5.73 Å². The van der Waals surface area contributed by atoms with Crippen LogP contribution in [-0.2, 0) is 0 Å². The molecule has 0 fully saturated rings. The molecule has 0 saturated carbocycles. The Kier molecular flexibility index (Phi) is 5.44. The first-order chi connectivity index (χ1) is 8.37. The van der Waals surface area contributed by atoms with E-state index in [2.05, 4.69) is 0 Å². The van der Waals surface area contributed by atoms with Crippen LogP contribution in [0.3, 0.4) is 0 Å². The third-order valence-electron chi connectivity index (χ3n) is 2.69. The molecule has 0 spiro atoms. The van der Waals surface area contributed by atoms with Gasteiger partial charge in [-0.1, -0.05) is 30.7 Å². The lowest BCUT2D eigenvalue weighted by Crippen LogP contribution is -2.40. The fourth-order valence-electron chi connectivity index (χ4n) is 1.88. The molecule has 0 saturated heterocycles. The maximum absolute atomic E-state index is 12.5. The zero-order valence-corrected chi connectivity index (χ0v) is 10.8. The van der Waals surface area contributed by atoms with Crippen molar-refractivity contribution in [1.29, 1.82) is 0 Å². The molecule has 0 aliphatic rings. The summed E-state index contributed by atoms with van der Waals surface area (Å²) in [6, 6.07) is 6.30. The van der Waals surface area contributed by atoms with Crippen LogP contribution >= 0.6 is 11.6 Å². The summed E-state index contributed by atoms with van der Waals surface area (Å²) in [4.78, 5) is 1.30. The van der Waals surface area contributed by atoms with Crippen LogP contribution in [0.1, 0.15) is 18.5 Å². The number of nitrogens with two attached hydrogens (primary N) is 1. The van der Waals surface area contributed by atoms with E-state index in [1.54, 1.807) is 31.2 Å². The molecule has 1 atom stereocenters. The molecule has 0 aromatic heterocycles. The van der Waals surface area contributed by atoms with Gasteiger partial charge in [-0.3, -0.25) is 4.90 Å². The van der Waals surface area contributed by atoms with Gasteiger partial charge in [-0.25, -0.2) is 0 Å². The summed E-state index contributed by atoms with van der Waals surface area (Å²) in [6.45, 7) is 1.09. The molecule has 1 aromatic rings. The summed E-state index contributed by atoms with van der Waals surface area (Å²) >= 11 is 5.85. The molecule has 0 radical (unpaired) electrons. The fourth-order valence-corrected chi connectivity index (χ4v) is 2.08. The van der Waals surface area contributed by atoms with Crippen molar-refractivity contribution < 1.29 is 13.2 Å². The van der Waals surface area contributed by atoms with E-state index in [-0.39, 0.29) is 13.1 Å². The molecule has 1 unspecified atom stereocenters. The number of hydrogen-bond acceptors (Lipinski definition) is 2. The summed E-state index contributed by atoms with van der Waals surface area (Å²) in [5.74, 6) is 0. The van der Waals surface area contributed by atoms with E-state index >= 15 is 0 Å². The third kappa shape index (κ3) is 4.48. The van der Waals surface area contributed by atoms with Crippen LogP contribution in [0.2, 0.25) is 5.02 Å². The minimum Gasteiger partial charge on any atom is -0.329 e. The van der Waals surface area contributed by atoms with Crippen LogP contribution in [-0.4, -0.2) is 30.7 Å². The monoisotopic (exact) mass is 280 g/mol. The van der Waals surface area contributed by atoms with Gasteiger partial charge in [0.1, 0.15) is 0 Å². The van der Waals surface area contributed by atoms with Gasteiger partial charge in [-0.15, -0.1) is 0 Å². The van der Waals surface area contributed by atoms with Crippen LogP contribution < -0.4 is 5.73 Å². The summed E-state index contributed by atoms with van der Waals surface area (Å²) in [5, 5.41) is 0.494. The molecule has 0 aliphatic heterocycles. The van der Waals surface area contributed by atoms with E-state index in [9.17, 15) is 13.2 Å².